The highest BCUT2D eigenvalue weighted by Crippen LogP contribution is 2.53. The van der Waals surface area contributed by atoms with E-state index in [0.29, 0.717) is 43.5 Å². The second kappa shape index (κ2) is 10.9. The average Bonchev–Trinajstić information content (AvgIpc) is 3.31. The number of ether oxygens (including phenoxy) is 1. The summed E-state index contributed by atoms with van der Waals surface area (Å²) in [5.41, 5.74) is -0.894. The third-order valence-corrected chi connectivity index (χ3v) is 8.40. The minimum Gasteiger partial charge on any atom is -0.490 e. The molecule has 0 radical (unpaired) electrons. The first-order chi connectivity index (χ1) is 18.5. The van der Waals surface area contributed by atoms with Crippen LogP contribution in [0.1, 0.15) is 48.9 Å². The van der Waals surface area contributed by atoms with Crippen molar-refractivity contribution in [3.8, 4) is 16.9 Å². The Bertz CT molecular complexity index is 1240. The van der Waals surface area contributed by atoms with Gasteiger partial charge in [-0.05, 0) is 80.1 Å². The number of likely N-dealkylation sites (tertiary alicyclic amines) is 2. The molecule has 0 atom stereocenters. The molecule has 3 fully saturated rings. The third-order valence-electron chi connectivity index (χ3n) is 8.40. The van der Waals surface area contributed by atoms with Crippen molar-refractivity contribution in [1.29, 1.82) is 0 Å². The normalized spacial score (nSPS) is 20.2. The minimum absolute atomic E-state index is 0.0232. The second-order valence-corrected chi connectivity index (χ2v) is 11.0. The lowest BCUT2D eigenvalue weighted by molar-refractivity contribution is -0.256. The molecule has 1 saturated carbocycles. The molecule has 39 heavy (non-hydrogen) atoms. The summed E-state index contributed by atoms with van der Waals surface area (Å²) in [5, 5.41) is 0. The number of alkyl halides is 3. The van der Waals surface area contributed by atoms with Crippen LogP contribution in [0.5, 0.6) is 5.75 Å². The minimum atomic E-state index is -4.17. The second-order valence-electron chi connectivity index (χ2n) is 11.0. The average molecular weight is 551 g/mol. The molecule has 2 heterocycles. The highest BCUT2D eigenvalue weighted by atomic mass is 19.4. The highest BCUT2D eigenvalue weighted by Gasteiger charge is 2.58. The molecule has 3 aliphatic rings. The van der Waals surface area contributed by atoms with Gasteiger partial charge >= 0.3 is 6.18 Å². The summed E-state index contributed by atoms with van der Waals surface area (Å²) in [7, 11) is 0. The maximum absolute atomic E-state index is 14.8. The largest absolute Gasteiger partial charge is 0.490 e. The third kappa shape index (κ3) is 5.81. The molecule has 0 bridgehead atoms. The molecular formula is C29H31F5N2O3. The van der Waals surface area contributed by atoms with E-state index in [0.717, 1.165) is 0 Å². The molecule has 10 heteroatoms. The number of hydrogen-bond donors (Lipinski definition) is 0. The van der Waals surface area contributed by atoms with E-state index in [1.807, 2.05) is 4.90 Å². The molecule has 1 amide bonds. The fraction of sp³-hybridized carbons (Fsp3) is 0.517. The van der Waals surface area contributed by atoms with Crippen LogP contribution in [0.4, 0.5) is 22.0 Å². The summed E-state index contributed by atoms with van der Waals surface area (Å²) in [4.78, 5) is 27.1. The van der Waals surface area contributed by atoms with E-state index in [2.05, 4.69) is 0 Å². The van der Waals surface area contributed by atoms with Crippen LogP contribution in [-0.2, 0) is 4.79 Å². The zero-order valence-electron chi connectivity index (χ0n) is 21.5. The first-order valence-electron chi connectivity index (χ1n) is 13.4. The summed E-state index contributed by atoms with van der Waals surface area (Å²) >= 11 is 0. The Kier molecular flexibility index (Phi) is 7.68. The van der Waals surface area contributed by atoms with Gasteiger partial charge in [0.25, 0.3) is 5.91 Å². The molecule has 0 N–H and O–H groups in total. The first kappa shape index (κ1) is 27.6. The first-order valence-corrected chi connectivity index (χ1v) is 13.4. The number of ketones is 1. The van der Waals surface area contributed by atoms with Crippen molar-refractivity contribution in [2.75, 3.05) is 39.3 Å². The number of Topliss-reactive ketones (excluding diaryl/α,β-unsaturated/α-hetero) is 1. The Morgan fingerprint density at radius 3 is 2.18 bits per heavy atom. The van der Waals surface area contributed by atoms with Crippen LogP contribution < -0.4 is 4.74 Å². The van der Waals surface area contributed by atoms with Gasteiger partial charge in [0.05, 0.1) is 24.1 Å². The zero-order chi connectivity index (χ0) is 27.8. The molecule has 2 aliphatic heterocycles. The molecule has 0 aromatic heterocycles. The zero-order valence-corrected chi connectivity index (χ0v) is 21.5. The molecule has 2 aromatic carbocycles. The standard InChI is InChI=1S/C29H31F5N2O3/c30-24-14-20(2-4-23(24)27(38)36-13-8-22(37)16-36)21-3-5-26(25(31)15-21)39-17-19-6-11-35(12-7-19)18-28(9-1-10-28)29(32,33)34/h2-5,14-15,19H,1,6-13,16-18H2. The van der Waals surface area contributed by atoms with Gasteiger partial charge in [-0.2, -0.15) is 13.2 Å². The predicted octanol–water partition coefficient (Wildman–Crippen LogP) is 5.87. The smallest absolute Gasteiger partial charge is 0.395 e. The van der Waals surface area contributed by atoms with Gasteiger partial charge in [-0.3, -0.25) is 9.59 Å². The van der Waals surface area contributed by atoms with Crippen LogP contribution in [-0.4, -0.2) is 67.0 Å². The van der Waals surface area contributed by atoms with Gasteiger partial charge in [-0.1, -0.05) is 18.6 Å². The van der Waals surface area contributed by atoms with Crippen molar-refractivity contribution in [3.05, 3.63) is 53.6 Å². The fourth-order valence-corrected chi connectivity index (χ4v) is 5.72. The maximum Gasteiger partial charge on any atom is 0.395 e. The predicted molar refractivity (Wildman–Crippen MR) is 134 cm³/mol. The number of rotatable bonds is 7. The summed E-state index contributed by atoms with van der Waals surface area (Å²) in [6, 6.07) is 8.35. The Morgan fingerprint density at radius 1 is 0.974 bits per heavy atom. The quantitative estimate of drug-likeness (QED) is 0.405. The topological polar surface area (TPSA) is 49.9 Å². The van der Waals surface area contributed by atoms with Crippen molar-refractivity contribution in [3.63, 3.8) is 0 Å². The summed E-state index contributed by atoms with van der Waals surface area (Å²) < 4.78 is 75.7. The SMILES string of the molecule is O=C1CCN(C(=O)c2ccc(-c3ccc(OCC4CCN(CC5(C(F)(F)F)CCC5)CC4)c(F)c3)cc2F)C1. The molecule has 5 rings (SSSR count). The number of halogens is 5. The van der Waals surface area contributed by atoms with Gasteiger partial charge in [0.2, 0.25) is 0 Å². The van der Waals surface area contributed by atoms with E-state index >= 15 is 0 Å². The van der Waals surface area contributed by atoms with Crippen molar-refractivity contribution < 1.29 is 36.3 Å². The van der Waals surface area contributed by atoms with E-state index in [-0.39, 0.29) is 68.5 Å². The van der Waals surface area contributed by atoms with E-state index in [1.165, 1.54) is 35.2 Å². The molecule has 1 aliphatic carbocycles. The van der Waals surface area contributed by atoms with E-state index in [9.17, 15) is 31.5 Å². The fourth-order valence-electron chi connectivity index (χ4n) is 5.72. The lowest BCUT2D eigenvalue weighted by Crippen LogP contribution is -2.53. The molecular weight excluding hydrogens is 519 g/mol. The summed E-state index contributed by atoms with van der Waals surface area (Å²) in [5.74, 6) is -1.80. The lowest BCUT2D eigenvalue weighted by atomic mass is 9.67. The number of nitrogens with zero attached hydrogens (tertiary/aromatic N) is 2. The van der Waals surface area contributed by atoms with Gasteiger partial charge < -0.3 is 14.5 Å². The van der Waals surface area contributed by atoms with Crippen LogP contribution in [0, 0.1) is 23.0 Å². The van der Waals surface area contributed by atoms with Crippen LogP contribution in [0.25, 0.3) is 11.1 Å². The molecule has 0 unspecified atom stereocenters. The maximum atomic E-state index is 14.8. The van der Waals surface area contributed by atoms with Gasteiger partial charge in [0, 0.05) is 19.5 Å². The number of carbonyl (C=O) groups excluding carboxylic acids is 2. The number of piperidine rings is 1. The number of hydrogen-bond acceptors (Lipinski definition) is 4. The van der Waals surface area contributed by atoms with Crippen LogP contribution in [0.15, 0.2) is 36.4 Å². The van der Waals surface area contributed by atoms with Crippen molar-refractivity contribution in [2.45, 2.75) is 44.7 Å². The van der Waals surface area contributed by atoms with Crippen molar-refractivity contribution >= 4 is 11.7 Å². The van der Waals surface area contributed by atoms with E-state index in [1.54, 1.807) is 6.07 Å². The Balaban J connectivity index is 1.14. The van der Waals surface area contributed by atoms with E-state index in [4.69, 9.17) is 4.74 Å². The van der Waals surface area contributed by atoms with Crippen LogP contribution in [0.2, 0.25) is 0 Å². The van der Waals surface area contributed by atoms with Crippen molar-refractivity contribution in [2.24, 2.45) is 11.3 Å². The molecule has 210 valence electrons. The van der Waals surface area contributed by atoms with Gasteiger partial charge in [-0.25, -0.2) is 8.78 Å². The van der Waals surface area contributed by atoms with Gasteiger partial charge in [0.1, 0.15) is 5.82 Å². The molecule has 2 saturated heterocycles. The number of amides is 1. The Morgan fingerprint density at radius 2 is 1.64 bits per heavy atom. The van der Waals surface area contributed by atoms with Crippen LogP contribution >= 0.6 is 0 Å². The van der Waals surface area contributed by atoms with E-state index < -0.39 is 29.1 Å². The monoisotopic (exact) mass is 550 g/mol. The number of carbonyl (C=O) groups is 2. The molecule has 0 spiro atoms. The summed E-state index contributed by atoms with van der Waals surface area (Å²) in [6.45, 7) is 1.68. The van der Waals surface area contributed by atoms with Gasteiger partial charge in [-0.15, -0.1) is 0 Å². The van der Waals surface area contributed by atoms with Crippen molar-refractivity contribution in [1.82, 2.24) is 9.80 Å². The molecule has 5 nitrogen and oxygen atoms in total. The lowest BCUT2D eigenvalue weighted by Gasteiger charge is -2.47. The Hall–Kier alpha value is -3.01. The Labute approximate surface area is 223 Å². The van der Waals surface area contributed by atoms with Crippen LogP contribution in [0.3, 0.4) is 0 Å². The van der Waals surface area contributed by atoms with Gasteiger partial charge in [0.15, 0.2) is 17.3 Å². The number of benzene rings is 2. The highest BCUT2D eigenvalue weighted by molar-refractivity contribution is 5.99. The molecule has 2 aromatic rings. The summed E-state index contributed by atoms with van der Waals surface area (Å²) in [6.07, 6.45) is -1.52.